The fourth-order valence-corrected chi connectivity index (χ4v) is 1.24. The number of primary amides is 1. The van der Waals surface area contributed by atoms with Crippen LogP contribution < -0.4 is 16.4 Å². The average Bonchev–Trinajstić information content (AvgIpc) is 2.15. The lowest BCUT2D eigenvalue weighted by molar-refractivity contribution is -0.119. The van der Waals surface area contributed by atoms with Crippen molar-refractivity contribution in [2.75, 3.05) is 13.1 Å². The molecule has 0 unspecified atom stereocenters. The van der Waals surface area contributed by atoms with Crippen LogP contribution in [0, 0.1) is 0 Å². The Morgan fingerprint density at radius 1 is 1.13 bits per heavy atom. The maximum Gasteiger partial charge on any atom is 0.318 e. The smallest absolute Gasteiger partial charge is 0.318 e. The standard InChI is InChI=1S/C10H21N3O2/c1-2-3-4-5-6-7-12-8-9(14)13-10(11)15/h12H,2-8H2,1H3,(H3,11,13,14,15). The number of hydrogen-bond donors (Lipinski definition) is 3. The number of carbonyl (C=O) groups excluding carboxylic acids is 2. The van der Waals surface area contributed by atoms with Gasteiger partial charge in [-0.05, 0) is 13.0 Å². The van der Waals surface area contributed by atoms with E-state index in [9.17, 15) is 9.59 Å². The number of unbranched alkanes of at least 4 members (excludes halogenated alkanes) is 4. The van der Waals surface area contributed by atoms with Crippen molar-refractivity contribution in [1.29, 1.82) is 0 Å². The Kier molecular flexibility index (Phi) is 8.76. The van der Waals surface area contributed by atoms with Gasteiger partial charge in [0.1, 0.15) is 0 Å². The van der Waals surface area contributed by atoms with E-state index in [0.717, 1.165) is 13.0 Å². The Hall–Kier alpha value is -1.10. The number of nitrogens with one attached hydrogen (secondary N) is 2. The summed E-state index contributed by atoms with van der Waals surface area (Å²) < 4.78 is 0. The van der Waals surface area contributed by atoms with Gasteiger partial charge in [-0.25, -0.2) is 4.79 Å². The molecule has 0 aromatic carbocycles. The van der Waals surface area contributed by atoms with Crippen LogP contribution in [0.3, 0.4) is 0 Å². The van der Waals surface area contributed by atoms with E-state index >= 15 is 0 Å². The first-order valence-corrected chi connectivity index (χ1v) is 5.46. The lowest BCUT2D eigenvalue weighted by Crippen LogP contribution is -2.40. The van der Waals surface area contributed by atoms with E-state index in [0.29, 0.717) is 0 Å². The molecule has 0 rings (SSSR count). The second kappa shape index (κ2) is 9.45. The molecule has 0 saturated carbocycles. The van der Waals surface area contributed by atoms with E-state index in [2.05, 4.69) is 12.2 Å². The third-order valence-electron chi connectivity index (χ3n) is 2.01. The summed E-state index contributed by atoms with van der Waals surface area (Å²) in [5.74, 6) is -0.379. The van der Waals surface area contributed by atoms with Crippen LogP contribution in [0.25, 0.3) is 0 Å². The first-order chi connectivity index (χ1) is 7.16. The molecule has 0 saturated heterocycles. The van der Waals surface area contributed by atoms with Crippen LogP contribution >= 0.6 is 0 Å². The predicted molar refractivity (Wildman–Crippen MR) is 59.4 cm³/mol. The van der Waals surface area contributed by atoms with E-state index < -0.39 is 6.03 Å². The van der Waals surface area contributed by atoms with E-state index in [1.54, 1.807) is 0 Å². The van der Waals surface area contributed by atoms with Crippen LogP contribution in [-0.4, -0.2) is 25.0 Å². The topological polar surface area (TPSA) is 84.2 Å². The highest BCUT2D eigenvalue weighted by molar-refractivity contribution is 5.94. The van der Waals surface area contributed by atoms with Gasteiger partial charge >= 0.3 is 6.03 Å². The van der Waals surface area contributed by atoms with Crippen LogP contribution in [0.1, 0.15) is 39.0 Å². The van der Waals surface area contributed by atoms with Crippen LogP contribution in [0.2, 0.25) is 0 Å². The van der Waals surface area contributed by atoms with Gasteiger partial charge in [0, 0.05) is 0 Å². The summed E-state index contributed by atoms with van der Waals surface area (Å²) in [6.45, 7) is 3.12. The molecule has 88 valence electrons. The Morgan fingerprint density at radius 2 is 1.80 bits per heavy atom. The second-order valence-corrected chi connectivity index (χ2v) is 3.50. The average molecular weight is 215 g/mol. The molecule has 0 fully saturated rings. The molecule has 0 aliphatic heterocycles. The second-order valence-electron chi connectivity index (χ2n) is 3.50. The number of nitrogens with two attached hydrogens (primary N) is 1. The molecule has 0 aliphatic carbocycles. The number of carbonyl (C=O) groups is 2. The summed E-state index contributed by atoms with van der Waals surface area (Å²) in [5.41, 5.74) is 4.78. The molecule has 0 spiro atoms. The van der Waals surface area contributed by atoms with Crippen molar-refractivity contribution >= 4 is 11.9 Å². The van der Waals surface area contributed by atoms with Crippen LogP contribution in [0.4, 0.5) is 4.79 Å². The summed E-state index contributed by atoms with van der Waals surface area (Å²) in [7, 11) is 0. The van der Waals surface area contributed by atoms with Crippen molar-refractivity contribution in [2.45, 2.75) is 39.0 Å². The Bertz CT molecular complexity index is 195. The molecule has 3 amide bonds. The minimum absolute atomic E-state index is 0.150. The molecule has 4 N–H and O–H groups in total. The highest BCUT2D eigenvalue weighted by atomic mass is 16.2. The van der Waals surface area contributed by atoms with Gasteiger partial charge in [-0.2, -0.15) is 0 Å². The molecule has 0 aromatic heterocycles. The zero-order chi connectivity index (χ0) is 11.5. The molecule has 0 bridgehead atoms. The third-order valence-corrected chi connectivity index (χ3v) is 2.01. The normalized spacial score (nSPS) is 9.93. The molecule has 0 atom stereocenters. The summed E-state index contributed by atoms with van der Waals surface area (Å²) >= 11 is 0. The zero-order valence-corrected chi connectivity index (χ0v) is 9.34. The third kappa shape index (κ3) is 10.8. The predicted octanol–water partition coefficient (Wildman–Crippen LogP) is 0.741. The highest BCUT2D eigenvalue weighted by Crippen LogP contribution is 2.00. The lowest BCUT2D eigenvalue weighted by Gasteiger charge is -2.03. The van der Waals surface area contributed by atoms with Crippen LogP contribution in [0.15, 0.2) is 0 Å². The summed E-state index contributed by atoms with van der Waals surface area (Å²) in [5, 5.41) is 4.94. The van der Waals surface area contributed by atoms with Gasteiger partial charge in [0.15, 0.2) is 0 Å². The quantitative estimate of drug-likeness (QED) is 0.522. The van der Waals surface area contributed by atoms with Crippen molar-refractivity contribution in [3.8, 4) is 0 Å². The van der Waals surface area contributed by atoms with E-state index in [4.69, 9.17) is 5.73 Å². The number of hydrogen-bond acceptors (Lipinski definition) is 3. The van der Waals surface area contributed by atoms with E-state index in [-0.39, 0.29) is 12.5 Å². The van der Waals surface area contributed by atoms with Gasteiger partial charge in [0.2, 0.25) is 5.91 Å². The van der Waals surface area contributed by atoms with Gasteiger partial charge in [0.05, 0.1) is 6.54 Å². The van der Waals surface area contributed by atoms with Crippen molar-refractivity contribution < 1.29 is 9.59 Å². The Balaban J connectivity index is 3.16. The number of amides is 3. The largest absolute Gasteiger partial charge is 0.351 e. The molecule has 0 radical (unpaired) electrons. The highest BCUT2D eigenvalue weighted by Gasteiger charge is 2.01. The van der Waals surface area contributed by atoms with Gasteiger partial charge in [-0.3, -0.25) is 10.1 Å². The summed E-state index contributed by atoms with van der Waals surface area (Å²) in [6.07, 6.45) is 5.98. The molecule has 0 aliphatic rings. The van der Waals surface area contributed by atoms with Gasteiger partial charge in [0.25, 0.3) is 0 Å². The van der Waals surface area contributed by atoms with Crippen molar-refractivity contribution in [3.05, 3.63) is 0 Å². The molecule has 15 heavy (non-hydrogen) atoms. The minimum atomic E-state index is -0.801. The van der Waals surface area contributed by atoms with E-state index in [1.807, 2.05) is 5.32 Å². The van der Waals surface area contributed by atoms with Gasteiger partial charge < -0.3 is 11.1 Å². The van der Waals surface area contributed by atoms with Gasteiger partial charge in [-0.1, -0.05) is 32.6 Å². The minimum Gasteiger partial charge on any atom is -0.351 e. The van der Waals surface area contributed by atoms with Crippen molar-refractivity contribution in [1.82, 2.24) is 10.6 Å². The van der Waals surface area contributed by atoms with Crippen molar-refractivity contribution in [3.63, 3.8) is 0 Å². The van der Waals surface area contributed by atoms with E-state index in [1.165, 1.54) is 25.7 Å². The number of urea groups is 1. The fraction of sp³-hybridized carbons (Fsp3) is 0.800. The van der Waals surface area contributed by atoms with Crippen LogP contribution in [0.5, 0.6) is 0 Å². The fourth-order valence-electron chi connectivity index (χ4n) is 1.24. The first-order valence-electron chi connectivity index (χ1n) is 5.46. The number of rotatable bonds is 8. The molecule has 0 aromatic rings. The van der Waals surface area contributed by atoms with Crippen LogP contribution in [-0.2, 0) is 4.79 Å². The molecule has 5 heteroatoms. The summed E-state index contributed by atoms with van der Waals surface area (Å²) in [4.78, 5) is 21.2. The SMILES string of the molecule is CCCCCCCNCC(=O)NC(N)=O. The Labute approximate surface area is 90.8 Å². The molecular weight excluding hydrogens is 194 g/mol. The van der Waals surface area contributed by atoms with Crippen molar-refractivity contribution in [2.24, 2.45) is 5.73 Å². The maximum atomic E-state index is 10.9. The molecular formula is C10H21N3O2. The summed E-state index contributed by atoms with van der Waals surface area (Å²) in [6, 6.07) is -0.801. The first kappa shape index (κ1) is 13.9. The zero-order valence-electron chi connectivity index (χ0n) is 9.34. The maximum absolute atomic E-state index is 10.9. The van der Waals surface area contributed by atoms with Gasteiger partial charge in [-0.15, -0.1) is 0 Å². The molecule has 5 nitrogen and oxygen atoms in total. The number of imide groups is 1. The molecule has 0 heterocycles. The monoisotopic (exact) mass is 215 g/mol. The Morgan fingerprint density at radius 3 is 2.40 bits per heavy atom. The lowest BCUT2D eigenvalue weighted by atomic mass is 10.1.